The molecule has 0 aliphatic heterocycles. The topological polar surface area (TPSA) is 73.2 Å². The number of hydrogen-bond donors (Lipinski definition) is 1. The summed E-state index contributed by atoms with van der Waals surface area (Å²) in [6.07, 6.45) is 0. The zero-order valence-corrected chi connectivity index (χ0v) is 18.5. The number of carbonyl (C=O) groups is 1. The lowest BCUT2D eigenvalue weighted by atomic mass is 10.2. The molecule has 3 aromatic heterocycles. The number of rotatable bonds is 7. The number of thioether (sulfide) groups is 1. The molecule has 31 heavy (non-hydrogen) atoms. The van der Waals surface area contributed by atoms with E-state index in [0.29, 0.717) is 15.4 Å². The molecule has 1 amide bonds. The van der Waals surface area contributed by atoms with Crippen LogP contribution in [-0.4, -0.2) is 27.8 Å². The van der Waals surface area contributed by atoms with E-state index in [4.69, 9.17) is 0 Å². The van der Waals surface area contributed by atoms with Gasteiger partial charge in [-0.25, -0.2) is 4.98 Å². The summed E-state index contributed by atoms with van der Waals surface area (Å²) in [4.78, 5) is 31.4. The molecule has 0 radical (unpaired) electrons. The van der Waals surface area contributed by atoms with E-state index in [-0.39, 0.29) is 22.7 Å². The van der Waals surface area contributed by atoms with Crippen molar-refractivity contribution in [1.82, 2.24) is 9.55 Å². The number of para-hydroxylation sites is 2. The SMILES string of the molecule is Cn1c(SCC(=O)Nc2ccccc2OC(F)F)nc2scc(-c3cccs3)c2c1=O. The van der Waals surface area contributed by atoms with Crippen LogP contribution >= 0.6 is 34.4 Å². The summed E-state index contributed by atoms with van der Waals surface area (Å²) in [7, 11) is 1.61. The van der Waals surface area contributed by atoms with Gasteiger partial charge in [-0.1, -0.05) is 30.0 Å². The van der Waals surface area contributed by atoms with Crippen molar-refractivity contribution in [2.75, 3.05) is 11.1 Å². The van der Waals surface area contributed by atoms with E-state index >= 15 is 0 Å². The van der Waals surface area contributed by atoms with E-state index in [2.05, 4.69) is 15.0 Å². The van der Waals surface area contributed by atoms with Crippen molar-refractivity contribution in [3.8, 4) is 16.2 Å². The molecule has 4 rings (SSSR count). The molecule has 0 saturated heterocycles. The van der Waals surface area contributed by atoms with Crippen molar-refractivity contribution < 1.29 is 18.3 Å². The molecule has 0 atom stereocenters. The average molecular weight is 480 g/mol. The Hall–Kier alpha value is -2.76. The van der Waals surface area contributed by atoms with Crippen LogP contribution in [0.15, 0.2) is 57.1 Å². The Bertz CT molecular complexity index is 1290. The Labute approximate surface area is 187 Å². The van der Waals surface area contributed by atoms with Crippen molar-refractivity contribution in [2.24, 2.45) is 7.05 Å². The Kier molecular flexibility index (Phi) is 6.35. The van der Waals surface area contributed by atoms with E-state index in [0.717, 1.165) is 22.2 Å². The predicted octanol–water partition coefficient (Wildman–Crippen LogP) is 5.06. The number of halogens is 2. The molecule has 0 aliphatic rings. The molecule has 1 N–H and O–H groups in total. The summed E-state index contributed by atoms with van der Waals surface area (Å²) in [5.41, 5.74) is 0.811. The third kappa shape index (κ3) is 4.63. The molecule has 0 bridgehead atoms. The van der Waals surface area contributed by atoms with Crippen LogP contribution in [-0.2, 0) is 11.8 Å². The second-order valence-electron chi connectivity index (χ2n) is 6.28. The van der Waals surface area contributed by atoms with Gasteiger partial charge in [0.2, 0.25) is 5.91 Å². The molecule has 1 aromatic carbocycles. The first-order chi connectivity index (χ1) is 14.9. The van der Waals surface area contributed by atoms with Crippen LogP contribution in [0.2, 0.25) is 0 Å². The molecule has 0 saturated carbocycles. The van der Waals surface area contributed by atoms with Crippen LogP contribution in [0.3, 0.4) is 0 Å². The van der Waals surface area contributed by atoms with Crippen molar-refractivity contribution in [3.63, 3.8) is 0 Å². The van der Waals surface area contributed by atoms with E-state index in [9.17, 15) is 18.4 Å². The largest absolute Gasteiger partial charge is 0.433 e. The number of aromatic nitrogens is 2. The number of thiophene rings is 2. The molecule has 0 fully saturated rings. The molecule has 0 spiro atoms. The highest BCUT2D eigenvalue weighted by Crippen LogP contribution is 2.34. The lowest BCUT2D eigenvalue weighted by Crippen LogP contribution is -2.21. The summed E-state index contributed by atoms with van der Waals surface area (Å²) in [6, 6.07) is 9.82. The zero-order chi connectivity index (χ0) is 22.0. The van der Waals surface area contributed by atoms with Gasteiger partial charge in [-0.3, -0.25) is 14.2 Å². The average Bonchev–Trinajstić information content (AvgIpc) is 3.40. The van der Waals surface area contributed by atoms with Crippen LogP contribution < -0.4 is 15.6 Å². The third-order valence-electron chi connectivity index (χ3n) is 4.27. The van der Waals surface area contributed by atoms with Gasteiger partial charge < -0.3 is 10.1 Å². The van der Waals surface area contributed by atoms with E-state index in [1.165, 1.54) is 34.1 Å². The smallest absolute Gasteiger partial charge is 0.387 e. The molecule has 11 heteroatoms. The number of hydrogen-bond acceptors (Lipinski definition) is 7. The maximum Gasteiger partial charge on any atom is 0.387 e. The first-order valence-electron chi connectivity index (χ1n) is 8.92. The van der Waals surface area contributed by atoms with Gasteiger partial charge in [0, 0.05) is 22.9 Å². The summed E-state index contributed by atoms with van der Waals surface area (Å²) in [5.74, 6) is -0.615. The number of nitrogens with zero attached hydrogens (tertiary/aromatic N) is 2. The first kappa shape index (κ1) is 21.5. The lowest BCUT2D eigenvalue weighted by molar-refractivity contribution is -0.113. The number of fused-ring (bicyclic) bond motifs is 1. The third-order valence-corrected chi connectivity index (χ3v) is 7.08. The van der Waals surface area contributed by atoms with Crippen LogP contribution in [0.4, 0.5) is 14.5 Å². The van der Waals surface area contributed by atoms with Gasteiger partial charge in [0.05, 0.1) is 16.8 Å². The highest BCUT2D eigenvalue weighted by Gasteiger charge is 2.17. The van der Waals surface area contributed by atoms with E-state index < -0.39 is 12.5 Å². The van der Waals surface area contributed by atoms with Crippen molar-refractivity contribution in [2.45, 2.75) is 11.8 Å². The van der Waals surface area contributed by atoms with Gasteiger partial charge in [-0.2, -0.15) is 8.78 Å². The molecule has 160 valence electrons. The predicted molar refractivity (Wildman–Crippen MR) is 121 cm³/mol. The van der Waals surface area contributed by atoms with Gasteiger partial charge in [0.15, 0.2) is 5.16 Å². The summed E-state index contributed by atoms with van der Waals surface area (Å²) < 4.78 is 30.9. The fourth-order valence-electron chi connectivity index (χ4n) is 2.88. The second kappa shape index (κ2) is 9.16. The minimum Gasteiger partial charge on any atom is -0.433 e. The molecule has 4 aromatic rings. The van der Waals surface area contributed by atoms with Crippen molar-refractivity contribution in [1.29, 1.82) is 0 Å². The van der Waals surface area contributed by atoms with Crippen molar-refractivity contribution in [3.05, 3.63) is 57.5 Å². The van der Waals surface area contributed by atoms with Gasteiger partial charge in [0.1, 0.15) is 10.6 Å². The highest BCUT2D eigenvalue weighted by molar-refractivity contribution is 7.99. The number of alkyl halides is 2. The maximum absolute atomic E-state index is 12.9. The highest BCUT2D eigenvalue weighted by atomic mass is 32.2. The molecular weight excluding hydrogens is 464 g/mol. The van der Waals surface area contributed by atoms with Crippen LogP contribution in [0.5, 0.6) is 5.75 Å². The van der Waals surface area contributed by atoms with E-state index in [1.807, 2.05) is 22.9 Å². The summed E-state index contributed by atoms with van der Waals surface area (Å²) in [6.45, 7) is -3.00. The fourth-order valence-corrected chi connectivity index (χ4v) is 5.45. The Morgan fingerprint density at radius 3 is 2.81 bits per heavy atom. The maximum atomic E-state index is 12.9. The van der Waals surface area contributed by atoms with Crippen LogP contribution in [0.1, 0.15) is 0 Å². The Morgan fingerprint density at radius 2 is 2.06 bits per heavy atom. The fraction of sp³-hybridized carbons (Fsp3) is 0.150. The number of carbonyl (C=O) groups excluding carboxylic acids is 1. The zero-order valence-electron chi connectivity index (χ0n) is 16.0. The molecule has 0 aliphatic carbocycles. The normalized spacial score (nSPS) is 11.2. The molecule has 3 heterocycles. The monoisotopic (exact) mass is 479 g/mol. The van der Waals surface area contributed by atoms with Gasteiger partial charge in [-0.05, 0) is 23.6 Å². The second-order valence-corrected chi connectivity index (χ2v) is 9.03. The standard InChI is InChI=1S/C20H15F2N3O3S3/c1-25-18(27)16-11(14-7-4-8-29-14)9-30-17(16)24-20(25)31-10-15(26)23-12-5-2-3-6-13(12)28-19(21)22/h2-9,19H,10H2,1H3,(H,23,26). The van der Waals surface area contributed by atoms with E-state index in [1.54, 1.807) is 24.5 Å². The number of ether oxygens (including phenoxy) is 1. The summed E-state index contributed by atoms with van der Waals surface area (Å²) >= 11 is 4.01. The van der Waals surface area contributed by atoms with Gasteiger partial charge in [0.25, 0.3) is 5.56 Å². The van der Waals surface area contributed by atoms with Crippen LogP contribution in [0.25, 0.3) is 20.7 Å². The van der Waals surface area contributed by atoms with Crippen molar-refractivity contribution >= 4 is 56.2 Å². The molecular formula is C20H15F2N3O3S3. The number of amides is 1. The molecule has 0 unspecified atom stereocenters. The number of benzene rings is 1. The van der Waals surface area contributed by atoms with Gasteiger partial charge >= 0.3 is 6.61 Å². The Morgan fingerprint density at radius 1 is 1.26 bits per heavy atom. The molecule has 6 nitrogen and oxygen atoms in total. The minimum absolute atomic E-state index is 0.0576. The first-order valence-corrected chi connectivity index (χ1v) is 11.7. The Balaban J connectivity index is 1.52. The minimum atomic E-state index is -3.00. The quantitative estimate of drug-likeness (QED) is 0.296. The van der Waals surface area contributed by atoms with Gasteiger partial charge in [-0.15, -0.1) is 22.7 Å². The number of anilines is 1. The number of nitrogens with one attached hydrogen (secondary N) is 1. The lowest BCUT2D eigenvalue weighted by Gasteiger charge is -2.12. The summed E-state index contributed by atoms with van der Waals surface area (Å²) in [5, 5.41) is 7.36. The van der Waals surface area contributed by atoms with Crippen LogP contribution in [0, 0.1) is 0 Å².